The number of H-pyrrole nitrogens is 1. The molecule has 122 valence electrons. The largest absolute Gasteiger partial charge is 0.383 e. The molecule has 0 amide bonds. The van der Waals surface area contributed by atoms with Crippen LogP contribution < -0.4 is 0 Å². The van der Waals surface area contributed by atoms with Gasteiger partial charge in [0.1, 0.15) is 0 Å². The quantitative estimate of drug-likeness (QED) is 0.687. The van der Waals surface area contributed by atoms with Gasteiger partial charge in [-0.3, -0.25) is 4.90 Å². The summed E-state index contributed by atoms with van der Waals surface area (Å²) in [5.41, 5.74) is 3.85. The van der Waals surface area contributed by atoms with Crippen LogP contribution in [0.2, 0.25) is 0 Å². The van der Waals surface area contributed by atoms with Crippen LogP contribution >= 0.6 is 11.3 Å². The Labute approximate surface area is 141 Å². The first-order chi connectivity index (χ1) is 11.3. The smallest absolute Gasteiger partial charge is 0.0720 e. The molecule has 3 aromatic rings. The van der Waals surface area contributed by atoms with E-state index in [9.17, 15) is 0 Å². The Morgan fingerprint density at radius 3 is 2.74 bits per heavy atom. The van der Waals surface area contributed by atoms with Crippen LogP contribution in [0.15, 0.2) is 41.8 Å². The van der Waals surface area contributed by atoms with Gasteiger partial charge in [-0.1, -0.05) is 31.2 Å². The van der Waals surface area contributed by atoms with Crippen molar-refractivity contribution < 1.29 is 4.74 Å². The molecule has 3 nitrogen and oxygen atoms in total. The molecule has 0 fully saturated rings. The zero-order valence-corrected chi connectivity index (χ0v) is 14.8. The van der Waals surface area contributed by atoms with Crippen LogP contribution in [0.5, 0.6) is 0 Å². The number of hydrogen-bond donors (Lipinski definition) is 1. The molecule has 0 spiro atoms. The normalized spacial score (nSPS) is 13.0. The zero-order chi connectivity index (χ0) is 16.2. The first-order valence-corrected chi connectivity index (χ1v) is 8.97. The van der Waals surface area contributed by atoms with Gasteiger partial charge in [0.05, 0.1) is 12.6 Å². The van der Waals surface area contributed by atoms with Crippen molar-refractivity contribution in [1.29, 1.82) is 0 Å². The minimum atomic E-state index is 0.270. The van der Waals surface area contributed by atoms with Crippen LogP contribution in [0.1, 0.15) is 29.1 Å². The van der Waals surface area contributed by atoms with Gasteiger partial charge in [0, 0.05) is 40.7 Å². The number of ether oxygens (including phenoxy) is 1. The highest BCUT2D eigenvalue weighted by Crippen LogP contribution is 2.37. The molecule has 23 heavy (non-hydrogen) atoms. The van der Waals surface area contributed by atoms with Crippen molar-refractivity contribution in [3.05, 3.63) is 57.9 Å². The van der Waals surface area contributed by atoms with E-state index in [1.807, 2.05) is 11.3 Å². The average molecular weight is 328 g/mol. The number of methoxy groups -OCH3 is 1. The van der Waals surface area contributed by atoms with Crippen molar-refractivity contribution in [2.45, 2.75) is 19.9 Å². The number of hydrogen-bond acceptors (Lipinski definition) is 3. The highest BCUT2D eigenvalue weighted by Gasteiger charge is 2.26. The third-order valence-corrected chi connectivity index (χ3v) is 5.31. The predicted octanol–water partition coefficient (Wildman–Crippen LogP) is 4.60. The molecule has 0 aliphatic rings. The van der Waals surface area contributed by atoms with E-state index < -0.39 is 0 Å². The molecule has 2 aromatic heterocycles. The van der Waals surface area contributed by atoms with Gasteiger partial charge < -0.3 is 9.72 Å². The van der Waals surface area contributed by atoms with E-state index >= 15 is 0 Å². The molecule has 1 aromatic carbocycles. The summed E-state index contributed by atoms with van der Waals surface area (Å²) >= 11 is 1.83. The third kappa shape index (κ3) is 3.20. The molecule has 1 unspecified atom stereocenters. The van der Waals surface area contributed by atoms with Gasteiger partial charge in [0.25, 0.3) is 0 Å². The minimum Gasteiger partial charge on any atom is -0.383 e. The summed E-state index contributed by atoms with van der Waals surface area (Å²) in [5.74, 6) is 0. The number of rotatable bonds is 7. The number of para-hydroxylation sites is 1. The summed E-state index contributed by atoms with van der Waals surface area (Å²) in [5, 5.41) is 3.48. The number of benzene rings is 1. The first kappa shape index (κ1) is 16.2. The van der Waals surface area contributed by atoms with Gasteiger partial charge in [-0.2, -0.15) is 0 Å². The van der Waals surface area contributed by atoms with Gasteiger partial charge in [-0.05, 0) is 31.0 Å². The van der Waals surface area contributed by atoms with E-state index in [1.165, 1.54) is 27.0 Å². The van der Waals surface area contributed by atoms with Crippen LogP contribution in [0.25, 0.3) is 10.9 Å². The molecule has 0 aliphatic carbocycles. The maximum atomic E-state index is 5.33. The van der Waals surface area contributed by atoms with E-state index in [0.29, 0.717) is 0 Å². The van der Waals surface area contributed by atoms with Crippen LogP contribution in [0.3, 0.4) is 0 Å². The standard InChI is InChI=1S/C19H24N2OS/c1-4-21(11-12-22-3)19(17-10-7-13-23-17)18-14(2)20-16-9-6-5-8-15(16)18/h5-10,13,19-20H,4,11-12H2,1-3H3. The van der Waals surface area contributed by atoms with E-state index in [-0.39, 0.29) is 6.04 Å². The Balaban J connectivity index is 2.12. The van der Waals surface area contributed by atoms with Crippen LogP contribution in [-0.4, -0.2) is 36.7 Å². The van der Waals surface area contributed by atoms with Crippen molar-refractivity contribution in [2.75, 3.05) is 26.8 Å². The Bertz CT molecular complexity index is 748. The van der Waals surface area contributed by atoms with Crippen molar-refractivity contribution in [1.82, 2.24) is 9.88 Å². The fourth-order valence-corrected chi connectivity index (χ4v) is 4.15. The molecule has 0 radical (unpaired) electrons. The second-order valence-corrected chi connectivity index (χ2v) is 6.73. The Morgan fingerprint density at radius 1 is 1.22 bits per heavy atom. The predicted molar refractivity (Wildman–Crippen MR) is 98.3 cm³/mol. The lowest BCUT2D eigenvalue weighted by molar-refractivity contribution is 0.135. The maximum Gasteiger partial charge on any atom is 0.0720 e. The first-order valence-electron chi connectivity index (χ1n) is 8.09. The monoisotopic (exact) mass is 328 g/mol. The number of nitrogens with zero attached hydrogens (tertiary/aromatic N) is 1. The summed E-state index contributed by atoms with van der Waals surface area (Å²) in [6, 6.07) is 13.2. The summed E-state index contributed by atoms with van der Waals surface area (Å²) in [6.45, 7) is 7.07. The molecule has 3 rings (SSSR count). The topological polar surface area (TPSA) is 28.3 Å². The number of likely N-dealkylation sites (N-methyl/N-ethyl adjacent to an activating group) is 1. The molecule has 0 bridgehead atoms. The highest BCUT2D eigenvalue weighted by atomic mass is 32.1. The molecule has 2 heterocycles. The molecule has 0 aliphatic heterocycles. The second kappa shape index (κ2) is 7.30. The van der Waals surface area contributed by atoms with Crippen molar-refractivity contribution in [3.8, 4) is 0 Å². The fraction of sp³-hybridized carbons (Fsp3) is 0.368. The van der Waals surface area contributed by atoms with E-state index in [4.69, 9.17) is 4.74 Å². The number of aromatic amines is 1. The van der Waals surface area contributed by atoms with Gasteiger partial charge in [0.2, 0.25) is 0 Å². The van der Waals surface area contributed by atoms with Gasteiger partial charge in [-0.15, -0.1) is 11.3 Å². The molecule has 4 heteroatoms. The number of fused-ring (bicyclic) bond motifs is 1. The maximum absolute atomic E-state index is 5.33. The summed E-state index contributed by atoms with van der Waals surface area (Å²) in [7, 11) is 1.77. The Morgan fingerprint density at radius 2 is 2.04 bits per heavy atom. The lowest BCUT2D eigenvalue weighted by atomic mass is 10.00. The van der Waals surface area contributed by atoms with Crippen molar-refractivity contribution in [2.24, 2.45) is 0 Å². The number of thiophene rings is 1. The molecule has 0 saturated heterocycles. The fourth-order valence-electron chi connectivity index (χ4n) is 3.28. The van der Waals surface area contributed by atoms with Crippen LogP contribution in [0.4, 0.5) is 0 Å². The molecular weight excluding hydrogens is 304 g/mol. The van der Waals surface area contributed by atoms with E-state index in [2.05, 4.69) is 65.5 Å². The summed E-state index contributed by atoms with van der Waals surface area (Å²) < 4.78 is 5.33. The van der Waals surface area contributed by atoms with E-state index in [0.717, 1.165) is 19.7 Å². The average Bonchev–Trinajstić information content (AvgIpc) is 3.19. The van der Waals surface area contributed by atoms with Gasteiger partial charge >= 0.3 is 0 Å². The van der Waals surface area contributed by atoms with Gasteiger partial charge in [0.15, 0.2) is 0 Å². The lowest BCUT2D eigenvalue weighted by Gasteiger charge is -2.30. The molecular formula is C19H24N2OS. The SMILES string of the molecule is CCN(CCOC)C(c1cccs1)c1c(C)[nH]c2ccccc12. The van der Waals surface area contributed by atoms with Crippen molar-refractivity contribution >= 4 is 22.2 Å². The second-order valence-electron chi connectivity index (χ2n) is 5.75. The molecule has 1 N–H and O–H groups in total. The van der Waals surface area contributed by atoms with Crippen molar-refractivity contribution in [3.63, 3.8) is 0 Å². The number of aryl methyl sites for hydroxylation is 1. The zero-order valence-electron chi connectivity index (χ0n) is 14.0. The number of aromatic nitrogens is 1. The van der Waals surface area contributed by atoms with E-state index in [1.54, 1.807) is 7.11 Å². The lowest BCUT2D eigenvalue weighted by Crippen LogP contribution is -2.32. The summed E-state index contributed by atoms with van der Waals surface area (Å²) in [6.07, 6.45) is 0. The van der Waals surface area contributed by atoms with Crippen LogP contribution in [-0.2, 0) is 4.74 Å². The Kier molecular flexibility index (Phi) is 5.16. The Hall–Kier alpha value is -1.62. The number of nitrogens with one attached hydrogen (secondary N) is 1. The van der Waals surface area contributed by atoms with Gasteiger partial charge in [-0.25, -0.2) is 0 Å². The molecule has 1 atom stereocenters. The molecule has 0 saturated carbocycles. The third-order valence-electron chi connectivity index (χ3n) is 4.38. The minimum absolute atomic E-state index is 0.270. The van der Waals surface area contributed by atoms with Crippen LogP contribution in [0, 0.1) is 6.92 Å². The highest BCUT2D eigenvalue weighted by molar-refractivity contribution is 7.10. The summed E-state index contributed by atoms with van der Waals surface area (Å²) in [4.78, 5) is 7.43.